The molecule has 4 aromatic carbocycles. The number of carbonyl (C=O) groups excluding carboxylic acids is 6. The summed E-state index contributed by atoms with van der Waals surface area (Å²) in [5, 5.41) is 0. The van der Waals surface area contributed by atoms with E-state index in [0.29, 0.717) is 59.3 Å². The van der Waals surface area contributed by atoms with Gasteiger partial charge in [0, 0.05) is 36.5 Å². The molecule has 0 aromatic heterocycles. The minimum atomic E-state index is -1.06. The Morgan fingerprint density at radius 2 is 1.16 bits per heavy atom. The van der Waals surface area contributed by atoms with Crippen LogP contribution < -0.4 is 0 Å². The van der Waals surface area contributed by atoms with Crippen LogP contribution in [0.4, 0.5) is 0 Å². The Morgan fingerprint density at radius 1 is 0.614 bits per heavy atom. The summed E-state index contributed by atoms with van der Waals surface area (Å²) in [7, 11) is 0. The molecule has 2 saturated heterocycles. The molecule has 14 heteroatoms. The molecule has 2 heterocycles. The van der Waals surface area contributed by atoms with E-state index in [1.807, 2.05) is 71.0 Å². The fourth-order valence-corrected chi connectivity index (χ4v) is 15.6. The lowest BCUT2D eigenvalue weighted by Crippen LogP contribution is -2.56. The predicted molar refractivity (Wildman–Crippen MR) is 309 cm³/mol. The second-order valence-corrected chi connectivity index (χ2v) is 25.7. The van der Waals surface area contributed by atoms with Crippen molar-refractivity contribution in [3.63, 3.8) is 0 Å². The summed E-state index contributed by atoms with van der Waals surface area (Å²) in [6, 6.07) is 35.1. The van der Waals surface area contributed by atoms with Crippen molar-refractivity contribution in [2.45, 2.75) is 156 Å². The van der Waals surface area contributed by atoms with E-state index in [0.717, 1.165) is 44.9 Å². The Balaban J connectivity index is 0.746. The fraction of sp³-hybridized carbons (Fsp3) is 0.565. The Morgan fingerprint density at radius 3 is 1.75 bits per heavy atom. The van der Waals surface area contributed by atoms with Crippen LogP contribution >= 0.6 is 0 Å². The molecule has 11 unspecified atom stereocenters. The summed E-state index contributed by atoms with van der Waals surface area (Å²) in [5.41, 5.74) is 1.40. The van der Waals surface area contributed by atoms with E-state index in [9.17, 15) is 28.8 Å². The third-order valence-electron chi connectivity index (χ3n) is 20.6. The van der Waals surface area contributed by atoms with E-state index < -0.39 is 66.8 Å². The first-order valence-electron chi connectivity index (χ1n) is 30.5. The maximum absolute atomic E-state index is 14.4. The molecule has 83 heavy (non-hydrogen) atoms. The standard InChI is InChI=1S/C69H84O14/c1-41(38-77-66-61(83-65(75)49-26-18-11-19-27-49)59(42(2)39-78-66)81-63(73)47-22-14-9-15-23-47)28-31-55(70)45(5)58-56(71)37-54-52-30-29-50-36-51(32-34-68(50,6)53(52)33-35-69(54,58)7)79-67-60(82-64(74)48-24-16-10-17-25-48)44(4)43(3)57(80-67)40-76-62(72)46-20-12-8-13-21-46/h8-27,41-45,50-54,57-61,66-67H,28-40H2,1-7H3/t41-,42-,43+,44-,45+,50?,51?,52?,53?,54?,57?,58?,59-,60?,61?,66+,67+,68?,69?/m0/s1. The van der Waals surface area contributed by atoms with Gasteiger partial charge in [-0.3, -0.25) is 9.59 Å². The normalized spacial score (nSPS) is 34.6. The molecule has 0 amide bonds. The van der Waals surface area contributed by atoms with Crippen molar-refractivity contribution in [2.75, 3.05) is 19.8 Å². The van der Waals surface area contributed by atoms with Gasteiger partial charge in [-0.25, -0.2) is 19.2 Å². The van der Waals surface area contributed by atoms with Gasteiger partial charge in [0.1, 0.15) is 24.3 Å². The van der Waals surface area contributed by atoms with E-state index in [1.165, 1.54) is 0 Å². The molecule has 10 rings (SSSR count). The van der Waals surface area contributed by atoms with Crippen LogP contribution in [0.25, 0.3) is 0 Å². The van der Waals surface area contributed by atoms with Gasteiger partial charge in [0.05, 0.1) is 47.7 Å². The Bertz CT molecular complexity index is 2880. The molecular weight excluding hydrogens is 1050 g/mol. The van der Waals surface area contributed by atoms with Crippen LogP contribution in [0.5, 0.6) is 0 Å². The molecule has 0 N–H and O–H groups in total. The number of rotatable bonds is 19. The van der Waals surface area contributed by atoms with Crippen molar-refractivity contribution >= 4 is 35.4 Å². The number of benzene rings is 4. The van der Waals surface area contributed by atoms with Crippen molar-refractivity contribution in [1.82, 2.24) is 0 Å². The van der Waals surface area contributed by atoms with Crippen LogP contribution in [-0.4, -0.2) is 98.4 Å². The van der Waals surface area contributed by atoms with E-state index >= 15 is 0 Å². The number of carbonyl (C=O) groups is 6. The minimum absolute atomic E-state index is 0.0344. The first kappa shape index (κ1) is 60.1. The van der Waals surface area contributed by atoms with Gasteiger partial charge >= 0.3 is 23.9 Å². The molecule has 4 aliphatic carbocycles. The summed E-state index contributed by atoms with van der Waals surface area (Å²) in [6.07, 6.45) is 2.77. The molecule has 14 nitrogen and oxygen atoms in total. The number of ether oxygens (including phenoxy) is 8. The lowest BCUT2D eigenvalue weighted by Gasteiger charge is -2.61. The van der Waals surface area contributed by atoms with Crippen LogP contribution in [0.1, 0.15) is 154 Å². The maximum atomic E-state index is 14.4. The van der Waals surface area contributed by atoms with Gasteiger partial charge in [-0.15, -0.1) is 0 Å². The third-order valence-corrected chi connectivity index (χ3v) is 20.6. The number of ketones is 2. The molecule has 0 radical (unpaired) electrons. The fourth-order valence-electron chi connectivity index (χ4n) is 15.6. The van der Waals surface area contributed by atoms with Crippen molar-refractivity contribution in [3.05, 3.63) is 144 Å². The Hall–Kier alpha value is -6.06. The molecule has 4 saturated carbocycles. The van der Waals surface area contributed by atoms with E-state index in [-0.39, 0.29) is 83.8 Å². The van der Waals surface area contributed by atoms with Gasteiger partial charge < -0.3 is 37.9 Å². The van der Waals surface area contributed by atoms with Gasteiger partial charge in [-0.05, 0) is 146 Å². The zero-order chi connectivity index (χ0) is 58.6. The number of hydrogen-bond donors (Lipinski definition) is 0. The number of hydrogen-bond acceptors (Lipinski definition) is 14. The highest BCUT2D eigenvalue weighted by Crippen LogP contribution is 2.68. The van der Waals surface area contributed by atoms with Gasteiger partial charge in [0.2, 0.25) is 0 Å². The van der Waals surface area contributed by atoms with E-state index in [4.69, 9.17) is 37.9 Å². The topological polar surface area (TPSA) is 176 Å². The summed E-state index contributed by atoms with van der Waals surface area (Å²) in [5.74, 6) is -1.73. The molecule has 6 fully saturated rings. The lowest BCUT2D eigenvalue weighted by atomic mass is 9.44. The number of esters is 4. The van der Waals surface area contributed by atoms with Gasteiger partial charge in [0.15, 0.2) is 24.8 Å². The Kier molecular flexibility index (Phi) is 18.9. The molecule has 444 valence electrons. The van der Waals surface area contributed by atoms with Crippen LogP contribution in [-0.2, 0) is 47.5 Å². The zero-order valence-electron chi connectivity index (χ0n) is 49.3. The smallest absolute Gasteiger partial charge is 0.338 e. The monoisotopic (exact) mass is 1140 g/mol. The summed E-state index contributed by atoms with van der Waals surface area (Å²) in [6.45, 7) is 15.1. The van der Waals surface area contributed by atoms with Crippen molar-refractivity contribution in [1.29, 1.82) is 0 Å². The highest BCUT2D eigenvalue weighted by molar-refractivity contribution is 5.93. The average Bonchev–Trinajstić information content (AvgIpc) is 2.99. The minimum Gasteiger partial charge on any atom is -0.459 e. The SMILES string of the molecule is C[C@@H](CCC(=O)[C@@H](C)C1C(=O)CC2C3CCC4CC(O[C@@H]5OC(COC(=O)c6ccccc6)[C@H](C)[C@H](C)C5OC(=O)c5ccccc5)CCC4(C)C3CCC21C)CO[C@@H]1OC[C@H](C)[C@H](OC(=O)c2ccccc2)C1OC(=O)c1ccccc1. The maximum Gasteiger partial charge on any atom is 0.338 e. The molecule has 19 atom stereocenters. The van der Waals surface area contributed by atoms with E-state index in [1.54, 1.807) is 84.9 Å². The summed E-state index contributed by atoms with van der Waals surface area (Å²) in [4.78, 5) is 82.2. The summed E-state index contributed by atoms with van der Waals surface area (Å²) >= 11 is 0. The number of Topliss-reactive ketones (excluding diaryl/α,β-unsaturated/α-hetero) is 2. The van der Waals surface area contributed by atoms with Crippen molar-refractivity contribution in [3.8, 4) is 0 Å². The highest BCUT2D eigenvalue weighted by atomic mass is 16.7. The van der Waals surface area contributed by atoms with E-state index in [2.05, 4.69) is 13.8 Å². The van der Waals surface area contributed by atoms with Gasteiger partial charge in [-0.1, -0.05) is 121 Å². The van der Waals surface area contributed by atoms with Crippen LogP contribution in [0.3, 0.4) is 0 Å². The molecule has 0 spiro atoms. The number of fused-ring (bicyclic) bond motifs is 5. The molecule has 2 aliphatic heterocycles. The zero-order valence-corrected chi connectivity index (χ0v) is 49.3. The molecule has 6 aliphatic rings. The second kappa shape index (κ2) is 26.1. The largest absolute Gasteiger partial charge is 0.459 e. The second-order valence-electron chi connectivity index (χ2n) is 25.7. The first-order valence-corrected chi connectivity index (χ1v) is 30.5. The van der Waals surface area contributed by atoms with Crippen LogP contribution in [0, 0.1) is 70.0 Å². The lowest BCUT2D eigenvalue weighted by molar-refractivity contribution is -0.294. The van der Waals surface area contributed by atoms with Gasteiger partial charge in [-0.2, -0.15) is 0 Å². The molecular formula is C69H84O14. The third kappa shape index (κ3) is 13.0. The molecule has 4 aromatic rings. The molecule has 0 bridgehead atoms. The van der Waals surface area contributed by atoms with Gasteiger partial charge in [0.25, 0.3) is 0 Å². The predicted octanol–water partition coefficient (Wildman–Crippen LogP) is 12.4. The quantitative estimate of drug-likeness (QED) is 0.0492. The first-order chi connectivity index (χ1) is 39.9. The average molecular weight is 1140 g/mol. The van der Waals surface area contributed by atoms with Crippen molar-refractivity contribution in [2.24, 2.45) is 70.0 Å². The summed E-state index contributed by atoms with van der Waals surface area (Å²) < 4.78 is 50.4. The van der Waals surface area contributed by atoms with Crippen molar-refractivity contribution < 1.29 is 66.7 Å². The van der Waals surface area contributed by atoms with Crippen LogP contribution in [0.2, 0.25) is 0 Å². The van der Waals surface area contributed by atoms with Crippen LogP contribution in [0.15, 0.2) is 121 Å². The highest BCUT2D eigenvalue weighted by Gasteiger charge is 2.64. The Labute approximate surface area is 489 Å².